The molecule has 0 amide bonds. The van der Waals surface area contributed by atoms with E-state index >= 15 is 0 Å². The molecule has 0 spiro atoms. The Balaban J connectivity index is 2.07. The Labute approximate surface area is 139 Å². The maximum absolute atomic E-state index is 13.5. The fourth-order valence-corrected chi connectivity index (χ4v) is 2.04. The van der Waals surface area contributed by atoms with E-state index < -0.39 is 24.2 Å². The SMILES string of the molecule is COc1ccc(C(=O)COC(=O)c2ccc(C)c(F)c2)c(OC)c1. The predicted octanol–water partition coefficient (Wildman–Crippen LogP) is 3.19. The van der Waals surface area contributed by atoms with Crippen LogP contribution in [0.3, 0.4) is 0 Å². The van der Waals surface area contributed by atoms with Gasteiger partial charge in [0.1, 0.15) is 17.3 Å². The number of benzene rings is 2. The van der Waals surface area contributed by atoms with Crippen LogP contribution in [0, 0.1) is 12.7 Å². The lowest BCUT2D eigenvalue weighted by atomic mass is 10.1. The van der Waals surface area contributed by atoms with Crippen LogP contribution in [0.5, 0.6) is 11.5 Å². The number of Topliss-reactive ketones (excluding diaryl/α,β-unsaturated/α-hetero) is 1. The molecule has 0 aliphatic heterocycles. The van der Waals surface area contributed by atoms with Crippen LogP contribution in [0.4, 0.5) is 4.39 Å². The minimum atomic E-state index is -0.769. The molecule has 0 fully saturated rings. The number of halogens is 1. The van der Waals surface area contributed by atoms with Gasteiger partial charge in [-0.1, -0.05) is 6.07 Å². The minimum absolute atomic E-state index is 0.0487. The summed E-state index contributed by atoms with van der Waals surface area (Å²) >= 11 is 0. The Morgan fingerprint density at radius 3 is 2.42 bits per heavy atom. The number of ketones is 1. The van der Waals surface area contributed by atoms with E-state index in [1.54, 1.807) is 19.1 Å². The van der Waals surface area contributed by atoms with E-state index in [2.05, 4.69) is 0 Å². The highest BCUT2D eigenvalue weighted by atomic mass is 19.1. The number of rotatable bonds is 6. The molecule has 0 aliphatic carbocycles. The molecule has 0 bridgehead atoms. The molecule has 0 aromatic heterocycles. The highest BCUT2D eigenvalue weighted by molar-refractivity contribution is 6.01. The second kappa shape index (κ2) is 7.59. The monoisotopic (exact) mass is 332 g/mol. The average molecular weight is 332 g/mol. The molecule has 2 aromatic rings. The maximum Gasteiger partial charge on any atom is 0.338 e. The van der Waals surface area contributed by atoms with Gasteiger partial charge >= 0.3 is 5.97 Å². The molecule has 126 valence electrons. The lowest BCUT2D eigenvalue weighted by molar-refractivity contribution is 0.0473. The van der Waals surface area contributed by atoms with Crippen LogP contribution in [-0.2, 0) is 4.74 Å². The zero-order valence-electron chi connectivity index (χ0n) is 13.6. The van der Waals surface area contributed by atoms with Crippen molar-refractivity contribution in [2.24, 2.45) is 0 Å². The fourth-order valence-electron chi connectivity index (χ4n) is 2.04. The van der Waals surface area contributed by atoms with Crippen LogP contribution in [0.2, 0.25) is 0 Å². The highest BCUT2D eigenvalue weighted by Gasteiger charge is 2.17. The van der Waals surface area contributed by atoms with E-state index in [9.17, 15) is 14.0 Å². The van der Waals surface area contributed by atoms with Crippen molar-refractivity contribution in [2.75, 3.05) is 20.8 Å². The molecule has 0 N–H and O–H groups in total. The molecule has 0 unspecified atom stereocenters. The summed E-state index contributed by atoms with van der Waals surface area (Å²) in [4.78, 5) is 24.1. The van der Waals surface area contributed by atoms with Crippen molar-refractivity contribution < 1.29 is 28.2 Å². The second-order valence-electron chi connectivity index (χ2n) is 5.03. The zero-order valence-corrected chi connectivity index (χ0v) is 13.6. The van der Waals surface area contributed by atoms with Crippen molar-refractivity contribution in [2.45, 2.75) is 6.92 Å². The first-order chi connectivity index (χ1) is 11.5. The van der Waals surface area contributed by atoms with E-state index in [0.717, 1.165) is 6.07 Å². The van der Waals surface area contributed by atoms with Crippen molar-refractivity contribution in [3.05, 3.63) is 58.9 Å². The Kier molecular flexibility index (Phi) is 5.52. The van der Waals surface area contributed by atoms with Crippen molar-refractivity contribution >= 4 is 11.8 Å². The second-order valence-corrected chi connectivity index (χ2v) is 5.03. The topological polar surface area (TPSA) is 61.8 Å². The number of carbonyl (C=O) groups excluding carboxylic acids is 2. The van der Waals surface area contributed by atoms with Crippen molar-refractivity contribution in [1.29, 1.82) is 0 Å². The molecule has 24 heavy (non-hydrogen) atoms. The molecule has 0 aliphatic rings. The Morgan fingerprint density at radius 1 is 1.04 bits per heavy atom. The number of ether oxygens (including phenoxy) is 3. The maximum atomic E-state index is 13.5. The van der Waals surface area contributed by atoms with Gasteiger partial charge in [-0.15, -0.1) is 0 Å². The van der Waals surface area contributed by atoms with Gasteiger partial charge in [-0.2, -0.15) is 0 Å². The molecule has 0 heterocycles. The summed E-state index contributed by atoms with van der Waals surface area (Å²) in [6.45, 7) is 1.11. The van der Waals surface area contributed by atoms with Gasteiger partial charge in [0.2, 0.25) is 5.78 Å². The number of esters is 1. The smallest absolute Gasteiger partial charge is 0.338 e. The van der Waals surface area contributed by atoms with Crippen molar-refractivity contribution in [3.63, 3.8) is 0 Å². The number of aryl methyl sites for hydroxylation is 1. The number of methoxy groups -OCH3 is 2. The van der Waals surface area contributed by atoms with Gasteiger partial charge in [0, 0.05) is 6.07 Å². The van der Waals surface area contributed by atoms with Crippen molar-refractivity contribution in [1.82, 2.24) is 0 Å². The van der Waals surface area contributed by atoms with Gasteiger partial charge in [0.25, 0.3) is 0 Å². The van der Waals surface area contributed by atoms with Gasteiger partial charge in [-0.3, -0.25) is 4.79 Å². The number of carbonyl (C=O) groups is 2. The molecule has 6 heteroatoms. The lowest BCUT2D eigenvalue weighted by Gasteiger charge is -2.10. The molecule has 0 saturated heterocycles. The van der Waals surface area contributed by atoms with Gasteiger partial charge in [-0.05, 0) is 36.8 Å². The molecule has 5 nitrogen and oxygen atoms in total. The normalized spacial score (nSPS) is 10.2. The van der Waals surface area contributed by atoms with Crippen molar-refractivity contribution in [3.8, 4) is 11.5 Å². The lowest BCUT2D eigenvalue weighted by Crippen LogP contribution is -2.15. The number of hydrogen-bond donors (Lipinski definition) is 0. The first-order valence-electron chi connectivity index (χ1n) is 7.14. The Morgan fingerprint density at radius 2 is 1.79 bits per heavy atom. The fraction of sp³-hybridized carbons (Fsp3) is 0.222. The third-order valence-corrected chi connectivity index (χ3v) is 3.45. The van der Waals surface area contributed by atoms with Gasteiger partial charge in [-0.25, -0.2) is 9.18 Å². The first-order valence-corrected chi connectivity index (χ1v) is 7.14. The summed E-state index contributed by atoms with van der Waals surface area (Å²) in [5.74, 6) is -0.856. The van der Waals surface area contributed by atoms with E-state index in [1.165, 1.54) is 32.4 Å². The quantitative estimate of drug-likeness (QED) is 0.600. The van der Waals surface area contributed by atoms with Crippen LogP contribution in [-0.4, -0.2) is 32.6 Å². The third-order valence-electron chi connectivity index (χ3n) is 3.45. The molecule has 2 aromatic carbocycles. The molecular weight excluding hydrogens is 315 g/mol. The Hall–Kier alpha value is -2.89. The largest absolute Gasteiger partial charge is 0.497 e. The zero-order chi connectivity index (χ0) is 17.7. The summed E-state index contributed by atoms with van der Waals surface area (Å²) in [5.41, 5.74) is 0.736. The van der Waals surface area contributed by atoms with E-state index in [1.807, 2.05) is 0 Å². The van der Waals surface area contributed by atoms with Crippen LogP contribution >= 0.6 is 0 Å². The minimum Gasteiger partial charge on any atom is -0.497 e. The first kappa shape index (κ1) is 17.5. The predicted molar refractivity (Wildman–Crippen MR) is 85.3 cm³/mol. The molecule has 0 radical (unpaired) electrons. The van der Waals surface area contributed by atoms with E-state index in [0.29, 0.717) is 17.1 Å². The van der Waals surface area contributed by atoms with Crippen LogP contribution in [0.1, 0.15) is 26.3 Å². The van der Waals surface area contributed by atoms with E-state index in [4.69, 9.17) is 14.2 Å². The molecular formula is C18H17FO5. The Bertz CT molecular complexity index is 770. The average Bonchev–Trinajstić information content (AvgIpc) is 2.60. The van der Waals surface area contributed by atoms with Crippen LogP contribution in [0.15, 0.2) is 36.4 Å². The summed E-state index contributed by atoms with van der Waals surface area (Å²) in [5, 5.41) is 0. The van der Waals surface area contributed by atoms with E-state index in [-0.39, 0.29) is 11.1 Å². The van der Waals surface area contributed by atoms with Gasteiger partial charge in [0.15, 0.2) is 6.61 Å². The highest BCUT2D eigenvalue weighted by Crippen LogP contribution is 2.25. The summed E-state index contributed by atoms with van der Waals surface area (Å²) < 4.78 is 28.6. The molecule has 0 saturated carbocycles. The summed E-state index contributed by atoms with van der Waals surface area (Å²) in [6, 6.07) is 8.69. The molecule has 2 rings (SSSR count). The molecule has 0 atom stereocenters. The third kappa shape index (κ3) is 3.90. The summed E-state index contributed by atoms with van der Waals surface area (Å²) in [6.07, 6.45) is 0. The van der Waals surface area contributed by atoms with Crippen LogP contribution in [0.25, 0.3) is 0 Å². The summed E-state index contributed by atoms with van der Waals surface area (Å²) in [7, 11) is 2.92. The standard InChI is InChI=1S/C18H17FO5/c1-11-4-5-12(8-15(11)19)18(21)24-10-16(20)14-7-6-13(22-2)9-17(14)23-3/h4-9H,10H2,1-3H3. The van der Waals surface area contributed by atoms with Gasteiger partial charge in [0.05, 0.1) is 25.3 Å². The van der Waals surface area contributed by atoms with Crippen LogP contribution < -0.4 is 9.47 Å². The number of hydrogen-bond acceptors (Lipinski definition) is 5. The van der Waals surface area contributed by atoms with Gasteiger partial charge < -0.3 is 14.2 Å².